The molecule has 0 aliphatic carbocycles. The van der Waals surface area contributed by atoms with Gasteiger partial charge in [-0.3, -0.25) is 9.59 Å². The van der Waals surface area contributed by atoms with Crippen LogP contribution in [-0.4, -0.2) is 18.9 Å². The van der Waals surface area contributed by atoms with Gasteiger partial charge in [0, 0.05) is 25.6 Å². The van der Waals surface area contributed by atoms with Gasteiger partial charge in [0.15, 0.2) is 0 Å². The normalized spacial score (nSPS) is 10.3. The summed E-state index contributed by atoms with van der Waals surface area (Å²) in [4.78, 5) is 25.7. The van der Waals surface area contributed by atoms with Gasteiger partial charge in [0.05, 0.1) is 15.7 Å². The monoisotopic (exact) mass is 364 g/mol. The minimum Gasteiger partial charge on any atom is -0.325 e. The lowest BCUT2D eigenvalue weighted by Gasteiger charge is -2.17. The number of nitrogens with zero attached hydrogens (tertiary/aromatic N) is 1. The van der Waals surface area contributed by atoms with E-state index < -0.39 is 0 Å². The number of halogens is 2. The summed E-state index contributed by atoms with van der Waals surface area (Å²) >= 11 is 11.9. The molecule has 24 heavy (non-hydrogen) atoms. The van der Waals surface area contributed by atoms with Crippen LogP contribution in [0.5, 0.6) is 0 Å². The summed E-state index contributed by atoms with van der Waals surface area (Å²) in [5.74, 6) is -0.232. The summed E-state index contributed by atoms with van der Waals surface area (Å²) in [5.41, 5.74) is 1.31. The largest absolute Gasteiger partial charge is 0.325 e. The molecule has 0 heterocycles. The van der Waals surface area contributed by atoms with Crippen LogP contribution in [-0.2, 0) is 9.59 Å². The van der Waals surface area contributed by atoms with E-state index in [-0.39, 0.29) is 18.2 Å². The highest BCUT2D eigenvalue weighted by atomic mass is 35.5. The van der Waals surface area contributed by atoms with Crippen LogP contribution in [0.15, 0.2) is 48.5 Å². The van der Waals surface area contributed by atoms with Crippen molar-refractivity contribution in [3.05, 3.63) is 58.6 Å². The highest BCUT2D eigenvalue weighted by Crippen LogP contribution is 2.29. The zero-order valence-corrected chi connectivity index (χ0v) is 14.8. The molecule has 2 aromatic carbocycles. The Hall–Kier alpha value is -2.04. The van der Waals surface area contributed by atoms with Gasteiger partial charge in [0.1, 0.15) is 0 Å². The van der Waals surface area contributed by atoms with Crippen molar-refractivity contribution in [1.82, 2.24) is 0 Å². The molecule has 2 rings (SSSR count). The Balaban J connectivity index is 1.80. The lowest BCUT2D eigenvalue weighted by Crippen LogP contribution is -2.26. The van der Waals surface area contributed by atoms with Gasteiger partial charge >= 0.3 is 0 Å². The summed E-state index contributed by atoms with van der Waals surface area (Å²) in [6.07, 6.45) is 0.985. The molecule has 0 aromatic heterocycles. The number of hydrogen-bond acceptors (Lipinski definition) is 2. The molecule has 2 amide bonds. The smallest absolute Gasteiger partial charge is 0.226 e. The molecule has 0 atom stereocenters. The molecular formula is C18H18Cl2N2O2. The molecule has 0 saturated heterocycles. The summed E-state index contributed by atoms with van der Waals surface area (Å²) in [7, 11) is 1.73. The molecule has 0 bridgehead atoms. The van der Waals surface area contributed by atoms with E-state index in [1.165, 1.54) is 0 Å². The molecule has 0 aliphatic heterocycles. The van der Waals surface area contributed by atoms with Crippen LogP contribution in [0.1, 0.15) is 19.3 Å². The zero-order chi connectivity index (χ0) is 17.5. The van der Waals surface area contributed by atoms with Crippen molar-refractivity contribution in [1.29, 1.82) is 0 Å². The second-order valence-corrected chi connectivity index (χ2v) is 6.08. The first kappa shape index (κ1) is 18.3. The van der Waals surface area contributed by atoms with Gasteiger partial charge in [-0.2, -0.15) is 0 Å². The number of amides is 2. The highest BCUT2D eigenvalue weighted by Gasteiger charge is 2.12. The molecule has 0 radical (unpaired) electrons. The van der Waals surface area contributed by atoms with Crippen molar-refractivity contribution in [2.24, 2.45) is 0 Å². The Morgan fingerprint density at radius 1 is 1.00 bits per heavy atom. The highest BCUT2D eigenvalue weighted by molar-refractivity contribution is 6.43. The van der Waals surface area contributed by atoms with Crippen LogP contribution in [0.25, 0.3) is 0 Å². The Kier molecular flexibility index (Phi) is 6.64. The van der Waals surface area contributed by atoms with Crippen molar-refractivity contribution in [2.75, 3.05) is 17.3 Å². The quantitative estimate of drug-likeness (QED) is 0.802. The first-order valence-corrected chi connectivity index (χ1v) is 8.30. The molecule has 0 spiro atoms. The van der Waals surface area contributed by atoms with Crippen molar-refractivity contribution in [3.8, 4) is 0 Å². The summed E-state index contributed by atoms with van der Waals surface area (Å²) in [6, 6.07) is 14.4. The molecule has 0 aliphatic rings. The summed E-state index contributed by atoms with van der Waals surface area (Å²) < 4.78 is 0. The predicted octanol–water partition coefficient (Wildman–Crippen LogP) is 4.77. The molecule has 2 aromatic rings. The maximum Gasteiger partial charge on any atom is 0.226 e. The van der Waals surface area contributed by atoms with Crippen LogP contribution in [0, 0.1) is 0 Å². The third-order valence-electron chi connectivity index (χ3n) is 3.54. The number of anilines is 2. The van der Waals surface area contributed by atoms with Crippen molar-refractivity contribution < 1.29 is 9.59 Å². The van der Waals surface area contributed by atoms with Gasteiger partial charge in [-0.1, -0.05) is 47.5 Å². The van der Waals surface area contributed by atoms with E-state index in [0.717, 1.165) is 5.69 Å². The average Bonchev–Trinajstić information content (AvgIpc) is 2.59. The first-order chi connectivity index (χ1) is 11.5. The van der Waals surface area contributed by atoms with Crippen LogP contribution >= 0.6 is 23.2 Å². The molecule has 0 saturated carbocycles. The fourth-order valence-electron chi connectivity index (χ4n) is 2.18. The second kappa shape index (κ2) is 8.71. The Labute approximate surface area is 151 Å². The number of nitrogens with one attached hydrogen (secondary N) is 1. The maximum atomic E-state index is 12.1. The lowest BCUT2D eigenvalue weighted by molar-refractivity contribution is -0.118. The average molecular weight is 365 g/mol. The van der Waals surface area contributed by atoms with Gasteiger partial charge in [0.2, 0.25) is 11.8 Å². The SMILES string of the molecule is CN(C(=O)CCCC(=O)Nc1cccc(Cl)c1Cl)c1ccccc1. The Morgan fingerprint density at radius 3 is 2.42 bits per heavy atom. The van der Waals surface area contributed by atoms with Gasteiger partial charge in [-0.05, 0) is 30.7 Å². The molecule has 1 N–H and O–H groups in total. The molecule has 0 unspecified atom stereocenters. The molecule has 4 nitrogen and oxygen atoms in total. The van der Waals surface area contributed by atoms with E-state index >= 15 is 0 Å². The van der Waals surface area contributed by atoms with E-state index in [9.17, 15) is 9.59 Å². The number of carbonyl (C=O) groups excluding carboxylic acids is 2. The number of carbonyl (C=O) groups is 2. The van der Waals surface area contributed by atoms with Crippen molar-refractivity contribution in [2.45, 2.75) is 19.3 Å². The van der Waals surface area contributed by atoms with Crippen LogP contribution in [0.2, 0.25) is 10.0 Å². The number of rotatable bonds is 6. The van der Waals surface area contributed by atoms with Crippen LogP contribution < -0.4 is 10.2 Å². The van der Waals surface area contributed by atoms with E-state index in [1.807, 2.05) is 30.3 Å². The zero-order valence-electron chi connectivity index (χ0n) is 13.3. The Morgan fingerprint density at radius 2 is 1.71 bits per heavy atom. The summed E-state index contributed by atoms with van der Waals surface area (Å²) in [6.45, 7) is 0. The van der Waals surface area contributed by atoms with E-state index in [0.29, 0.717) is 28.6 Å². The topological polar surface area (TPSA) is 49.4 Å². The Bertz CT molecular complexity index is 720. The minimum atomic E-state index is -0.200. The van der Waals surface area contributed by atoms with Gasteiger partial charge in [0.25, 0.3) is 0 Å². The standard InChI is InChI=1S/C18H18Cl2N2O2/c1-22(13-7-3-2-4-8-13)17(24)12-6-11-16(23)21-15-10-5-9-14(19)18(15)20/h2-5,7-10H,6,11-12H2,1H3,(H,21,23). The fraction of sp³-hybridized carbons (Fsp3) is 0.222. The molecule has 126 valence electrons. The van der Waals surface area contributed by atoms with Crippen LogP contribution in [0.3, 0.4) is 0 Å². The summed E-state index contributed by atoms with van der Waals surface area (Å²) in [5, 5.41) is 3.40. The van der Waals surface area contributed by atoms with E-state index in [4.69, 9.17) is 23.2 Å². The van der Waals surface area contributed by atoms with Gasteiger partial charge < -0.3 is 10.2 Å². The number of para-hydroxylation sites is 1. The molecular weight excluding hydrogens is 347 g/mol. The van der Waals surface area contributed by atoms with Crippen molar-refractivity contribution in [3.63, 3.8) is 0 Å². The maximum absolute atomic E-state index is 12.1. The second-order valence-electron chi connectivity index (χ2n) is 5.29. The minimum absolute atomic E-state index is 0.0326. The molecule has 0 fully saturated rings. The van der Waals surface area contributed by atoms with Gasteiger partial charge in [-0.15, -0.1) is 0 Å². The van der Waals surface area contributed by atoms with Crippen molar-refractivity contribution >= 4 is 46.4 Å². The van der Waals surface area contributed by atoms with Gasteiger partial charge in [-0.25, -0.2) is 0 Å². The van der Waals surface area contributed by atoms with E-state index in [1.54, 1.807) is 30.1 Å². The van der Waals surface area contributed by atoms with Crippen LogP contribution in [0.4, 0.5) is 11.4 Å². The third-order valence-corrected chi connectivity index (χ3v) is 4.36. The first-order valence-electron chi connectivity index (χ1n) is 7.54. The van der Waals surface area contributed by atoms with E-state index in [2.05, 4.69) is 5.32 Å². The lowest BCUT2D eigenvalue weighted by atomic mass is 10.2. The third kappa shape index (κ3) is 4.98. The predicted molar refractivity (Wildman–Crippen MR) is 98.8 cm³/mol. The number of benzene rings is 2. The number of hydrogen-bond donors (Lipinski definition) is 1. The fourth-order valence-corrected chi connectivity index (χ4v) is 2.52. The molecule has 6 heteroatoms.